The number of likely N-dealkylation sites (tertiary alicyclic amines) is 1. The normalized spacial score (nSPS) is 20.7. The first-order valence-corrected chi connectivity index (χ1v) is 10.3. The van der Waals surface area contributed by atoms with Crippen LogP contribution in [0.25, 0.3) is 0 Å². The summed E-state index contributed by atoms with van der Waals surface area (Å²) in [6.45, 7) is 12.9. The van der Waals surface area contributed by atoms with Gasteiger partial charge < -0.3 is 10.2 Å². The lowest BCUT2D eigenvalue weighted by Crippen LogP contribution is -2.33. The predicted octanol–water partition coefficient (Wildman–Crippen LogP) is 4.34. The molecule has 2 heterocycles. The molecule has 0 aromatic carbocycles. The Hall–Kier alpha value is -2.50. The van der Waals surface area contributed by atoms with Gasteiger partial charge in [-0.25, -0.2) is 9.38 Å². The van der Waals surface area contributed by atoms with Crippen molar-refractivity contribution >= 4 is 12.6 Å². The zero-order valence-electron chi connectivity index (χ0n) is 17.9. The van der Waals surface area contributed by atoms with Crippen LogP contribution < -0.4 is 5.32 Å². The molecule has 3 rings (SSSR count). The van der Waals surface area contributed by atoms with Gasteiger partial charge >= 0.3 is 0 Å². The van der Waals surface area contributed by atoms with E-state index < -0.39 is 0 Å². The van der Waals surface area contributed by atoms with Crippen molar-refractivity contribution < 1.29 is 9.18 Å². The molecule has 1 amide bonds. The van der Waals surface area contributed by atoms with Gasteiger partial charge in [-0.05, 0) is 65.3 Å². The molecule has 1 aromatic heterocycles. The molecule has 0 bridgehead atoms. The van der Waals surface area contributed by atoms with Crippen molar-refractivity contribution in [3.05, 3.63) is 52.4 Å². The van der Waals surface area contributed by atoms with Gasteiger partial charge in [0.1, 0.15) is 11.6 Å². The molecule has 2 aliphatic rings. The van der Waals surface area contributed by atoms with Crippen molar-refractivity contribution in [1.29, 1.82) is 0 Å². The molecule has 1 aromatic rings. The van der Waals surface area contributed by atoms with Gasteiger partial charge in [-0.1, -0.05) is 12.5 Å². The summed E-state index contributed by atoms with van der Waals surface area (Å²) in [6.07, 6.45) is 5.17. The first kappa shape index (κ1) is 21.2. The molecule has 1 atom stereocenters. The van der Waals surface area contributed by atoms with Crippen LogP contribution in [0.1, 0.15) is 65.0 Å². The number of carbonyl (C=O) groups excluding carboxylic acids is 1. The summed E-state index contributed by atoms with van der Waals surface area (Å²) in [7, 11) is 0. The van der Waals surface area contributed by atoms with Gasteiger partial charge in [0, 0.05) is 41.9 Å². The van der Waals surface area contributed by atoms with Crippen LogP contribution in [0, 0.1) is 5.82 Å². The average molecular weight is 399 g/mol. The Morgan fingerprint density at radius 2 is 2.17 bits per heavy atom. The van der Waals surface area contributed by atoms with Gasteiger partial charge in [-0.2, -0.15) is 0 Å². The second-order valence-corrected chi connectivity index (χ2v) is 8.51. The number of hydrogen-bond acceptors (Lipinski definition) is 4. The number of aliphatic imine (C=N–C) groups is 1. The molecule has 1 saturated carbocycles. The Balaban J connectivity index is 1.86. The van der Waals surface area contributed by atoms with E-state index in [2.05, 4.69) is 28.9 Å². The molecular weight excluding hydrogens is 367 g/mol. The SMILES string of the molecule is C=N/C(NC1(C)CC1)=C(\CC)C(C(=O)N1CCC(c2ncccc2F)C1)=C(C)C. The fraction of sp³-hybridized carbons (Fsp3) is 0.522. The van der Waals surface area contributed by atoms with Crippen molar-refractivity contribution in [2.75, 3.05) is 13.1 Å². The first-order chi connectivity index (χ1) is 13.8. The van der Waals surface area contributed by atoms with E-state index >= 15 is 0 Å². The van der Waals surface area contributed by atoms with Crippen LogP contribution in [0.2, 0.25) is 0 Å². The van der Waals surface area contributed by atoms with Crippen LogP contribution in [0.5, 0.6) is 0 Å². The maximum absolute atomic E-state index is 14.1. The van der Waals surface area contributed by atoms with Crippen LogP contribution in [-0.4, -0.2) is 41.1 Å². The lowest BCUT2D eigenvalue weighted by Gasteiger charge is -2.24. The van der Waals surface area contributed by atoms with Crippen LogP contribution in [-0.2, 0) is 4.79 Å². The van der Waals surface area contributed by atoms with Crippen molar-refractivity contribution in [1.82, 2.24) is 15.2 Å². The average Bonchev–Trinajstić information content (AvgIpc) is 3.22. The van der Waals surface area contributed by atoms with E-state index in [0.717, 1.165) is 24.0 Å². The van der Waals surface area contributed by atoms with Gasteiger partial charge in [0.05, 0.1) is 5.69 Å². The molecule has 2 fully saturated rings. The summed E-state index contributed by atoms with van der Waals surface area (Å²) in [5.41, 5.74) is 3.02. The second-order valence-electron chi connectivity index (χ2n) is 8.51. The molecule has 1 saturated heterocycles. The highest BCUT2D eigenvalue weighted by Gasteiger charge is 2.39. The molecule has 6 heteroatoms. The lowest BCUT2D eigenvalue weighted by molar-refractivity contribution is -0.126. The number of pyridine rings is 1. The monoisotopic (exact) mass is 398 g/mol. The molecule has 0 radical (unpaired) electrons. The number of nitrogens with zero attached hydrogens (tertiary/aromatic N) is 3. The van der Waals surface area contributed by atoms with Gasteiger partial charge in [-0.15, -0.1) is 0 Å². The van der Waals surface area contributed by atoms with Gasteiger partial charge in [-0.3, -0.25) is 9.78 Å². The molecule has 5 nitrogen and oxygen atoms in total. The Bertz CT molecular complexity index is 865. The topological polar surface area (TPSA) is 57.6 Å². The van der Waals surface area contributed by atoms with E-state index in [1.165, 1.54) is 6.07 Å². The summed E-state index contributed by atoms with van der Waals surface area (Å²) < 4.78 is 14.1. The standard InChI is InChI=1S/C23H31FN4O/c1-6-17(21(25-5)27-23(4)10-11-23)19(15(2)3)22(29)28-13-9-16(14-28)20-18(24)8-7-12-26-20/h7-8,12,16,27H,5-6,9-11,13-14H2,1-4H3/b21-17-. The highest BCUT2D eigenvalue weighted by molar-refractivity contribution is 5.99. The minimum Gasteiger partial charge on any atom is -0.365 e. The number of nitrogens with one attached hydrogen (secondary N) is 1. The minimum atomic E-state index is -0.302. The maximum Gasteiger partial charge on any atom is 0.254 e. The highest BCUT2D eigenvalue weighted by Crippen LogP contribution is 2.37. The van der Waals surface area contributed by atoms with E-state index in [0.29, 0.717) is 43.0 Å². The summed E-state index contributed by atoms with van der Waals surface area (Å²) in [6, 6.07) is 3.02. The van der Waals surface area contributed by atoms with Crippen LogP contribution >= 0.6 is 0 Å². The Morgan fingerprint density at radius 3 is 2.72 bits per heavy atom. The maximum atomic E-state index is 14.1. The summed E-state index contributed by atoms with van der Waals surface area (Å²) in [5.74, 6) is 0.296. The number of halogens is 1. The molecular formula is C23H31FN4O. The van der Waals surface area contributed by atoms with Gasteiger partial charge in [0.25, 0.3) is 5.91 Å². The Morgan fingerprint density at radius 1 is 1.45 bits per heavy atom. The van der Waals surface area contributed by atoms with E-state index in [9.17, 15) is 9.18 Å². The molecule has 1 aliphatic carbocycles. The number of aromatic nitrogens is 1. The third-order valence-corrected chi connectivity index (χ3v) is 5.88. The fourth-order valence-corrected chi connectivity index (χ4v) is 3.94. The zero-order valence-corrected chi connectivity index (χ0v) is 17.9. The van der Waals surface area contributed by atoms with Gasteiger partial charge in [0.2, 0.25) is 0 Å². The number of hydrogen-bond donors (Lipinski definition) is 1. The van der Waals surface area contributed by atoms with Crippen molar-refractivity contribution in [2.24, 2.45) is 4.99 Å². The minimum absolute atomic E-state index is 0.0235. The van der Waals surface area contributed by atoms with E-state index in [1.54, 1.807) is 12.3 Å². The molecule has 1 N–H and O–H groups in total. The largest absolute Gasteiger partial charge is 0.365 e. The first-order valence-electron chi connectivity index (χ1n) is 10.3. The van der Waals surface area contributed by atoms with E-state index in [-0.39, 0.29) is 23.2 Å². The predicted molar refractivity (Wildman–Crippen MR) is 114 cm³/mol. The molecule has 1 unspecified atom stereocenters. The molecule has 1 aliphatic heterocycles. The molecule has 156 valence electrons. The highest BCUT2D eigenvalue weighted by atomic mass is 19.1. The number of rotatable bonds is 7. The third-order valence-electron chi connectivity index (χ3n) is 5.88. The van der Waals surface area contributed by atoms with Crippen molar-refractivity contribution in [2.45, 2.75) is 64.8 Å². The summed E-state index contributed by atoms with van der Waals surface area (Å²) in [5, 5.41) is 3.48. The fourth-order valence-electron chi connectivity index (χ4n) is 3.94. The van der Waals surface area contributed by atoms with Crippen molar-refractivity contribution in [3.8, 4) is 0 Å². The second kappa shape index (κ2) is 8.47. The molecule has 29 heavy (non-hydrogen) atoms. The number of carbonyl (C=O) groups is 1. The number of allylic oxidation sites excluding steroid dienone is 1. The number of amides is 1. The van der Waals surface area contributed by atoms with Crippen LogP contribution in [0.4, 0.5) is 4.39 Å². The third kappa shape index (κ3) is 4.57. The smallest absolute Gasteiger partial charge is 0.254 e. The quantitative estimate of drug-likeness (QED) is 0.422. The zero-order chi connectivity index (χ0) is 21.2. The summed E-state index contributed by atoms with van der Waals surface area (Å²) in [4.78, 5) is 23.7. The van der Waals surface area contributed by atoms with Crippen molar-refractivity contribution in [3.63, 3.8) is 0 Å². The van der Waals surface area contributed by atoms with E-state index in [4.69, 9.17) is 0 Å². The Kier molecular flexibility index (Phi) is 6.20. The molecule has 0 spiro atoms. The van der Waals surface area contributed by atoms with Crippen LogP contribution in [0.3, 0.4) is 0 Å². The Labute approximate surface area is 172 Å². The lowest BCUT2D eigenvalue weighted by atomic mass is 9.97. The van der Waals surface area contributed by atoms with E-state index in [1.807, 2.05) is 25.7 Å². The van der Waals surface area contributed by atoms with Crippen LogP contribution in [0.15, 0.2) is 45.9 Å². The van der Waals surface area contributed by atoms with Gasteiger partial charge in [0.15, 0.2) is 0 Å². The summed E-state index contributed by atoms with van der Waals surface area (Å²) >= 11 is 0.